The van der Waals surface area contributed by atoms with Crippen molar-refractivity contribution < 1.29 is 26.7 Å². The van der Waals surface area contributed by atoms with Crippen LogP contribution in [0.2, 0.25) is 0 Å². The molecule has 2 aromatic rings. The first-order chi connectivity index (χ1) is 9.82. The Hall–Kier alpha value is -2.24. The van der Waals surface area contributed by atoms with Gasteiger partial charge in [0, 0.05) is 6.42 Å². The van der Waals surface area contributed by atoms with Gasteiger partial charge < -0.3 is 0 Å². The van der Waals surface area contributed by atoms with Crippen molar-refractivity contribution in [3.05, 3.63) is 70.0 Å². The Bertz CT molecular complexity index is 678. The molecule has 0 aliphatic heterocycles. The van der Waals surface area contributed by atoms with Gasteiger partial charge in [-0.15, -0.1) is 0 Å². The third kappa shape index (κ3) is 2.79. The second-order valence-electron chi connectivity index (χ2n) is 4.53. The molecule has 21 heavy (non-hydrogen) atoms. The Labute approximate surface area is 117 Å². The lowest BCUT2D eigenvalue weighted by molar-refractivity contribution is 0.0981. The van der Waals surface area contributed by atoms with Crippen LogP contribution in [0.25, 0.3) is 0 Å². The van der Waals surface area contributed by atoms with Gasteiger partial charge >= 0.3 is 0 Å². The summed E-state index contributed by atoms with van der Waals surface area (Å²) in [7, 11) is 0. The number of carbonyl (C=O) groups excluding carboxylic acids is 1. The van der Waals surface area contributed by atoms with E-state index in [-0.39, 0.29) is 0 Å². The summed E-state index contributed by atoms with van der Waals surface area (Å²) >= 11 is 0. The number of hydrogen-bond donors (Lipinski definition) is 0. The summed E-state index contributed by atoms with van der Waals surface area (Å²) in [5.41, 5.74) is -0.0936. The molecule has 0 fully saturated rings. The number of aryl methyl sites for hydroxylation is 1. The van der Waals surface area contributed by atoms with Gasteiger partial charge in [-0.05, 0) is 12.5 Å². The lowest BCUT2D eigenvalue weighted by Gasteiger charge is -2.07. The zero-order valence-corrected chi connectivity index (χ0v) is 10.8. The molecule has 2 aromatic carbocycles. The molecule has 110 valence electrons. The van der Waals surface area contributed by atoms with E-state index in [4.69, 9.17) is 0 Å². The Morgan fingerprint density at radius 1 is 0.810 bits per heavy atom. The van der Waals surface area contributed by atoms with Gasteiger partial charge in [-0.3, -0.25) is 4.79 Å². The molecule has 0 atom stereocenters. The van der Waals surface area contributed by atoms with Crippen molar-refractivity contribution in [2.45, 2.75) is 13.3 Å². The third-order valence-corrected chi connectivity index (χ3v) is 2.97. The molecule has 0 aliphatic rings. The molecule has 0 saturated heterocycles. The second kappa shape index (κ2) is 5.63. The van der Waals surface area contributed by atoms with Gasteiger partial charge in [0.25, 0.3) is 0 Å². The fourth-order valence-corrected chi connectivity index (χ4v) is 1.83. The van der Waals surface area contributed by atoms with E-state index in [1.807, 2.05) is 0 Å². The third-order valence-electron chi connectivity index (χ3n) is 2.97. The number of carbonyl (C=O) groups is 1. The maximum Gasteiger partial charge on any atom is 0.200 e. The van der Waals surface area contributed by atoms with Crippen LogP contribution in [0, 0.1) is 36.0 Å². The number of benzene rings is 2. The minimum atomic E-state index is -2.28. The first-order valence-corrected chi connectivity index (χ1v) is 5.93. The van der Waals surface area contributed by atoms with Crippen molar-refractivity contribution in [1.29, 1.82) is 0 Å². The molecule has 0 aromatic heterocycles. The molecule has 0 radical (unpaired) electrons. The second-order valence-corrected chi connectivity index (χ2v) is 4.53. The topological polar surface area (TPSA) is 17.1 Å². The van der Waals surface area contributed by atoms with Crippen molar-refractivity contribution in [2.75, 3.05) is 0 Å². The lowest BCUT2D eigenvalue weighted by Crippen LogP contribution is -2.14. The fraction of sp³-hybridized carbons (Fsp3) is 0.133. The molecule has 1 nitrogen and oxygen atoms in total. The highest BCUT2D eigenvalue weighted by molar-refractivity contribution is 5.98. The van der Waals surface area contributed by atoms with E-state index >= 15 is 0 Å². The molecular weight excluding hydrogens is 291 g/mol. The van der Waals surface area contributed by atoms with E-state index in [9.17, 15) is 26.7 Å². The average molecular weight is 300 g/mol. The molecule has 2 rings (SSSR count). The van der Waals surface area contributed by atoms with E-state index in [1.165, 1.54) is 0 Å². The van der Waals surface area contributed by atoms with Gasteiger partial charge in [-0.1, -0.05) is 29.8 Å². The molecule has 0 amide bonds. The standard InChI is InChI=1S/C15H9F5O/c1-7-2-4-8(5-3-7)6-9(21)10-11(16)13(18)15(20)14(19)12(10)17/h2-5H,6H2,1H3. The van der Waals surface area contributed by atoms with Crippen LogP contribution in [0.5, 0.6) is 0 Å². The van der Waals surface area contributed by atoms with Gasteiger partial charge in [0.1, 0.15) is 0 Å². The van der Waals surface area contributed by atoms with Crippen LogP contribution in [-0.4, -0.2) is 5.78 Å². The Morgan fingerprint density at radius 3 is 1.71 bits per heavy atom. The molecule has 6 heteroatoms. The lowest BCUT2D eigenvalue weighted by atomic mass is 10.0. The highest BCUT2D eigenvalue weighted by Gasteiger charge is 2.29. The van der Waals surface area contributed by atoms with Crippen molar-refractivity contribution >= 4 is 5.78 Å². The number of Topliss-reactive ketones (excluding diaryl/α,β-unsaturated/α-hetero) is 1. The van der Waals surface area contributed by atoms with E-state index in [0.717, 1.165) is 5.56 Å². The highest BCUT2D eigenvalue weighted by atomic mass is 19.2. The Morgan fingerprint density at radius 2 is 1.24 bits per heavy atom. The predicted octanol–water partition coefficient (Wildman–Crippen LogP) is 4.12. The molecule has 0 aliphatic carbocycles. The molecular formula is C15H9F5O. The molecule has 0 bridgehead atoms. The number of ketones is 1. The maximum atomic E-state index is 13.5. The molecule has 0 N–H and O–H groups in total. The normalized spacial score (nSPS) is 10.8. The van der Waals surface area contributed by atoms with Gasteiger partial charge in [-0.2, -0.15) is 0 Å². The number of hydrogen-bond acceptors (Lipinski definition) is 1. The maximum absolute atomic E-state index is 13.5. The summed E-state index contributed by atoms with van der Waals surface area (Å²) in [6.45, 7) is 1.80. The van der Waals surface area contributed by atoms with E-state index in [0.29, 0.717) is 5.56 Å². The van der Waals surface area contributed by atoms with E-state index in [2.05, 4.69) is 0 Å². The quantitative estimate of drug-likeness (QED) is 0.361. The minimum absolute atomic E-state index is 0.412. The number of halogens is 5. The zero-order valence-electron chi connectivity index (χ0n) is 10.8. The monoisotopic (exact) mass is 300 g/mol. The average Bonchev–Trinajstić information content (AvgIpc) is 2.46. The van der Waals surface area contributed by atoms with Crippen LogP contribution in [0.4, 0.5) is 22.0 Å². The molecule has 0 saturated carbocycles. The number of rotatable bonds is 3. The summed E-state index contributed by atoms with van der Waals surface area (Å²) in [4.78, 5) is 11.8. The highest BCUT2D eigenvalue weighted by Crippen LogP contribution is 2.24. The zero-order chi connectivity index (χ0) is 15.7. The van der Waals surface area contributed by atoms with Crippen LogP contribution in [-0.2, 0) is 6.42 Å². The van der Waals surface area contributed by atoms with E-state index in [1.54, 1.807) is 31.2 Å². The van der Waals surface area contributed by atoms with Crippen LogP contribution < -0.4 is 0 Å². The summed E-state index contributed by atoms with van der Waals surface area (Å²) < 4.78 is 65.9. The van der Waals surface area contributed by atoms with Crippen LogP contribution >= 0.6 is 0 Å². The smallest absolute Gasteiger partial charge is 0.200 e. The van der Waals surface area contributed by atoms with Crippen LogP contribution in [0.1, 0.15) is 21.5 Å². The van der Waals surface area contributed by atoms with Crippen molar-refractivity contribution in [1.82, 2.24) is 0 Å². The molecule has 0 spiro atoms. The first kappa shape index (κ1) is 15.2. The van der Waals surface area contributed by atoms with Gasteiger partial charge in [0.05, 0.1) is 5.56 Å². The summed E-state index contributed by atoms with van der Waals surface area (Å²) in [5.74, 6) is -11.9. The molecule has 0 heterocycles. The van der Waals surface area contributed by atoms with Crippen molar-refractivity contribution in [3.63, 3.8) is 0 Å². The van der Waals surface area contributed by atoms with Crippen molar-refractivity contribution in [3.8, 4) is 0 Å². The predicted molar refractivity (Wildman–Crippen MR) is 65.4 cm³/mol. The SMILES string of the molecule is Cc1ccc(CC(=O)c2c(F)c(F)c(F)c(F)c2F)cc1. The Balaban J connectivity index is 2.42. The van der Waals surface area contributed by atoms with E-state index < -0.39 is 46.9 Å². The fourth-order valence-electron chi connectivity index (χ4n) is 1.83. The summed E-state index contributed by atoms with van der Waals surface area (Å²) in [5, 5.41) is 0. The first-order valence-electron chi connectivity index (χ1n) is 5.93. The minimum Gasteiger partial charge on any atom is -0.294 e. The van der Waals surface area contributed by atoms with Crippen LogP contribution in [0.15, 0.2) is 24.3 Å². The van der Waals surface area contributed by atoms with Gasteiger partial charge in [-0.25, -0.2) is 22.0 Å². The largest absolute Gasteiger partial charge is 0.294 e. The summed E-state index contributed by atoms with van der Waals surface area (Å²) in [6.07, 6.45) is -0.460. The van der Waals surface area contributed by atoms with Crippen LogP contribution in [0.3, 0.4) is 0 Å². The van der Waals surface area contributed by atoms with Gasteiger partial charge in [0.2, 0.25) is 5.82 Å². The summed E-state index contributed by atoms with van der Waals surface area (Å²) in [6, 6.07) is 6.42. The Kier molecular flexibility index (Phi) is 4.06. The van der Waals surface area contributed by atoms with Crippen molar-refractivity contribution in [2.24, 2.45) is 0 Å². The molecule has 0 unspecified atom stereocenters. The van der Waals surface area contributed by atoms with Gasteiger partial charge in [0.15, 0.2) is 29.1 Å².